The van der Waals surface area contributed by atoms with Crippen LogP contribution in [0.15, 0.2) is 18.2 Å². The summed E-state index contributed by atoms with van der Waals surface area (Å²) < 4.78 is 0. The number of nitrogen functional groups attached to an aromatic ring is 2. The fraction of sp³-hybridized carbons (Fsp3) is 0. The van der Waals surface area contributed by atoms with Crippen LogP contribution in [0.2, 0.25) is 0 Å². The van der Waals surface area contributed by atoms with Crippen molar-refractivity contribution in [3.63, 3.8) is 0 Å². The molecule has 16 heavy (non-hydrogen) atoms. The molecule has 6 nitrogen and oxygen atoms in total. The number of carboxylic acid groups (broad SMARTS) is 1. The summed E-state index contributed by atoms with van der Waals surface area (Å²) in [5.74, 6) is -0.772. The fourth-order valence-electron chi connectivity index (χ4n) is 1.45. The maximum atomic E-state index is 10.4. The molecular formula is C10H10N4O2. The molecule has 6 heteroatoms. The summed E-state index contributed by atoms with van der Waals surface area (Å²) in [4.78, 5) is 17.3. The van der Waals surface area contributed by atoms with E-state index < -0.39 is 5.97 Å². The molecule has 2 rings (SSSR count). The molecule has 0 bridgehead atoms. The van der Waals surface area contributed by atoms with Gasteiger partial charge < -0.3 is 21.6 Å². The first-order chi connectivity index (χ1) is 7.58. The molecule has 0 aliphatic carbocycles. The Balaban J connectivity index is 2.62. The third-order valence-electron chi connectivity index (χ3n) is 2.13. The van der Waals surface area contributed by atoms with E-state index in [4.69, 9.17) is 16.6 Å². The van der Waals surface area contributed by atoms with E-state index in [1.807, 2.05) is 0 Å². The Bertz CT molecular complexity index is 586. The van der Waals surface area contributed by atoms with Gasteiger partial charge in [-0.25, -0.2) is 9.78 Å². The van der Waals surface area contributed by atoms with Crippen molar-refractivity contribution in [3.8, 4) is 0 Å². The second kappa shape index (κ2) is 3.58. The van der Waals surface area contributed by atoms with Crippen molar-refractivity contribution in [2.24, 2.45) is 0 Å². The summed E-state index contributed by atoms with van der Waals surface area (Å²) in [7, 11) is 0. The Morgan fingerprint density at radius 3 is 2.88 bits per heavy atom. The first kappa shape index (κ1) is 10.0. The number of nitrogens with one attached hydrogen (secondary N) is 1. The molecule has 82 valence electrons. The molecule has 1 aromatic heterocycles. The van der Waals surface area contributed by atoms with Crippen LogP contribution in [0.1, 0.15) is 5.56 Å². The van der Waals surface area contributed by atoms with Gasteiger partial charge in [-0.3, -0.25) is 0 Å². The minimum atomic E-state index is -1.02. The van der Waals surface area contributed by atoms with E-state index >= 15 is 0 Å². The fourth-order valence-corrected chi connectivity index (χ4v) is 1.45. The van der Waals surface area contributed by atoms with Crippen LogP contribution in [-0.2, 0) is 4.79 Å². The van der Waals surface area contributed by atoms with Crippen LogP contribution in [-0.4, -0.2) is 21.0 Å². The van der Waals surface area contributed by atoms with Gasteiger partial charge in [0.15, 0.2) is 5.95 Å². The number of carbonyl (C=O) groups is 1. The molecule has 0 fully saturated rings. The van der Waals surface area contributed by atoms with Crippen LogP contribution in [0.25, 0.3) is 17.1 Å². The standard InChI is InChI=1S/C10H10N4O2/c11-6-3-1-5(2-4-7(15)16)8-9(6)14-10(12)13-8/h1-4H,11H2,(H,15,16)(H3,12,13,14)/b4-2+. The molecule has 0 spiro atoms. The number of benzene rings is 1. The molecular weight excluding hydrogens is 208 g/mol. The van der Waals surface area contributed by atoms with Crippen molar-refractivity contribution in [3.05, 3.63) is 23.8 Å². The molecule has 0 saturated heterocycles. The number of nitrogens with two attached hydrogens (primary N) is 2. The van der Waals surface area contributed by atoms with Gasteiger partial charge in [-0.05, 0) is 12.1 Å². The molecule has 0 atom stereocenters. The van der Waals surface area contributed by atoms with Crippen LogP contribution in [0.4, 0.5) is 11.6 Å². The lowest BCUT2D eigenvalue weighted by Gasteiger charge is -1.98. The van der Waals surface area contributed by atoms with Gasteiger partial charge in [0.1, 0.15) is 0 Å². The number of anilines is 2. The van der Waals surface area contributed by atoms with Crippen molar-refractivity contribution in [2.75, 3.05) is 11.5 Å². The molecule has 6 N–H and O–H groups in total. The number of hydrogen-bond donors (Lipinski definition) is 4. The lowest BCUT2D eigenvalue weighted by molar-refractivity contribution is -0.131. The van der Waals surface area contributed by atoms with Gasteiger partial charge in [0.2, 0.25) is 0 Å². The Morgan fingerprint density at radius 2 is 2.19 bits per heavy atom. The van der Waals surface area contributed by atoms with Gasteiger partial charge in [0.05, 0.1) is 16.7 Å². The topological polar surface area (TPSA) is 118 Å². The molecule has 0 radical (unpaired) electrons. The highest BCUT2D eigenvalue weighted by atomic mass is 16.4. The zero-order valence-electron chi connectivity index (χ0n) is 8.27. The summed E-state index contributed by atoms with van der Waals surface area (Å²) in [6.07, 6.45) is 2.49. The van der Waals surface area contributed by atoms with E-state index in [0.717, 1.165) is 6.08 Å². The number of rotatable bonds is 2. The molecule has 0 aliphatic rings. The molecule has 0 saturated carbocycles. The minimum Gasteiger partial charge on any atom is -0.478 e. The number of hydrogen-bond acceptors (Lipinski definition) is 4. The maximum absolute atomic E-state index is 10.4. The van der Waals surface area contributed by atoms with Gasteiger partial charge >= 0.3 is 5.97 Å². The summed E-state index contributed by atoms with van der Waals surface area (Å²) in [5.41, 5.74) is 13.6. The molecule has 0 amide bonds. The van der Waals surface area contributed by atoms with Crippen molar-refractivity contribution in [2.45, 2.75) is 0 Å². The molecule has 0 unspecified atom stereocenters. The molecule has 2 aromatic rings. The Hall–Kier alpha value is -2.50. The summed E-state index contributed by atoms with van der Waals surface area (Å²) in [5, 5.41) is 8.54. The maximum Gasteiger partial charge on any atom is 0.328 e. The van der Waals surface area contributed by atoms with E-state index in [2.05, 4.69) is 9.97 Å². The molecule has 1 heterocycles. The van der Waals surface area contributed by atoms with Crippen molar-refractivity contribution < 1.29 is 9.90 Å². The van der Waals surface area contributed by atoms with Crippen LogP contribution in [0.3, 0.4) is 0 Å². The van der Waals surface area contributed by atoms with E-state index in [1.54, 1.807) is 12.1 Å². The van der Waals surface area contributed by atoms with Crippen molar-refractivity contribution in [1.29, 1.82) is 0 Å². The second-order valence-corrected chi connectivity index (χ2v) is 3.26. The molecule has 1 aromatic carbocycles. The van der Waals surface area contributed by atoms with Crippen LogP contribution >= 0.6 is 0 Å². The van der Waals surface area contributed by atoms with E-state index in [0.29, 0.717) is 22.3 Å². The zero-order valence-corrected chi connectivity index (χ0v) is 8.27. The summed E-state index contributed by atoms with van der Waals surface area (Å²) in [6, 6.07) is 3.36. The average molecular weight is 218 g/mol. The first-order valence-electron chi connectivity index (χ1n) is 4.52. The third-order valence-corrected chi connectivity index (χ3v) is 2.13. The Labute approximate surface area is 90.6 Å². The SMILES string of the molecule is Nc1nc2c(/C=C/C(=O)O)ccc(N)c2[nH]1. The van der Waals surface area contributed by atoms with Crippen LogP contribution in [0.5, 0.6) is 0 Å². The quantitative estimate of drug-likeness (QED) is 0.439. The van der Waals surface area contributed by atoms with E-state index in [9.17, 15) is 4.79 Å². The van der Waals surface area contributed by atoms with Gasteiger partial charge in [0, 0.05) is 11.6 Å². The molecule has 0 aliphatic heterocycles. The van der Waals surface area contributed by atoms with Crippen LogP contribution < -0.4 is 11.5 Å². The predicted octanol–water partition coefficient (Wildman–Crippen LogP) is 0.825. The number of fused-ring (bicyclic) bond motifs is 1. The lowest BCUT2D eigenvalue weighted by Crippen LogP contribution is -1.89. The lowest BCUT2D eigenvalue weighted by atomic mass is 10.1. The number of aromatic nitrogens is 2. The zero-order chi connectivity index (χ0) is 11.7. The van der Waals surface area contributed by atoms with Gasteiger partial charge in [-0.2, -0.15) is 0 Å². The largest absolute Gasteiger partial charge is 0.478 e. The Kier molecular flexibility index (Phi) is 2.24. The average Bonchev–Trinajstić information content (AvgIpc) is 2.59. The smallest absolute Gasteiger partial charge is 0.328 e. The number of carboxylic acids is 1. The van der Waals surface area contributed by atoms with Crippen LogP contribution in [0, 0.1) is 0 Å². The number of H-pyrrole nitrogens is 1. The van der Waals surface area contributed by atoms with E-state index in [1.165, 1.54) is 6.08 Å². The van der Waals surface area contributed by atoms with E-state index in [-0.39, 0.29) is 5.95 Å². The summed E-state index contributed by atoms with van der Waals surface area (Å²) in [6.45, 7) is 0. The van der Waals surface area contributed by atoms with Gasteiger partial charge in [0.25, 0.3) is 0 Å². The number of aromatic amines is 1. The first-order valence-corrected chi connectivity index (χ1v) is 4.52. The highest BCUT2D eigenvalue weighted by molar-refractivity contribution is 5.96. The van der Waals surface area contributed by atoms with Crippen molar-refractivity contribution in [1.82, 2.24) is 9.97 Å². The number of aliphatic carboxylic acids is 1. The number of nitrogens with zero attached hydrogens (tertiary/aromatic N) is 1. The normalized spacial score (nSPS) is 11.2. The monoisotopic (exact) mass is 218 g/mol. The van der Waals surface area contributed by atoms with Gasteiger partial charge in [-0.1, -0.05) is 6.07 Å². The highest BCUT2D eigenvalue weighted by Crippen LogP contribution is 2.24. The predicted molar refractivity (Wildman–Crippen MR) is 61.6 cm³/mol. The second-order valence-electron chi connectivity index (χ2n) is 3.26. The minimum absolute atomic E-state index is 0.248. The summed E-state index contributed by atoms with van der Waals surface area (Å²) >= 11 is 0. The third kappa shape index (κ3) is 1.68. The number of imidazole rings is 1. The van der Waals surface area contributed by atoms with Crippen molar-refractivity contribution >= 4 is 34.7 Å². The Morgan fingerprint density at radius 1 is 1.44 bits per heavy atom. The van der Waals surface area contributed by atoms with Gasteiger partial charge in [-0.15, -0.1) is 0 Å². The highest BCUT2D eigenvalue weighted by Gasteiger charge is 2.07.